The van der Waals surface area contributed by atoms with Crippen molar-refractivity contribution in [2.75, 3.05) is 0 Å². The summed E-state index contributed by atoms with van der Waals surface area (Å²) >= 11 is 0. The molecule has 0 aliphatic heterocycles. The van der Waals surface area contributed by atoms with Crippen molar-refractivity contribution in [1.82, 2.24) is 4.98 Å². The first kappa shape index (κ1) is 12.5. The molecule has 0 unspecified atom stereocenters. The molecule has 2 aromatic rings. The molecule has 1 N–H and O–H groups in total. The van der Waals surface area contributed by atoms with Gasteiger partial charge in [-0.2, -0.15) is 0 Å². The Hall–Kier alpha value is -2.49. The van der Waals surface area contributed by atoms with Crippen LogP contribution in [0, 0.1) is 0 Å². The Bertz CT molecular complexity index is 692. The molecule has 1 aliphatic carbocycles. The molecule has 0 saturated carbocycles. The second-order valence-corrected chi connectivity index (χ2v) is 4.82. The van der Waals surface area contributed by atoms with Gasteiger partial charge in [0.2, 0.25) is 0 Å². The van der Waals surface area contributed by atoms with E-state index >= 15 is 0 Å². The first-order chi connectivity index (χ1) is 9.66. The maximum atomic E-state index is 12.2. The maximum absolute atomic E-state index is 12.2. The number of carboxylic acid groups (broad SMARTS) is 1. The van der Waals surface area contributed by atoms with E-state index in [0.29, 0.717) is 29.7 Å². The van der Waals surface area contributed by atoms with E-state index in [-0.39, 0.29) is 11.5 Å². The van der Waals surface area contributed by atoms with Crippen molar-refractivity contribution in [2.45, 2.75) is 19.3 Å². The van der Waals surface area contributed by atoms with Gasteiger partial charge in [-0.1, -0.05) is 30.3 Å². The number of carbonyl (C=O) groups is 2. The number of carbonyl (C=O) groups excluding carboxylic acids is 1. The summed E-state index contributed by atoms with van der Waals surface area (Å²) in [6.07, 6.45) is 1.89. The van der Waals surface area contributed by atoms with E-state index < -0.39 is 5.97 Å². The predicted molar refractivity (Wildman–Crippen MR) is 73.9 cm³/mol. The van der Waals surface area contributed by atoms with E-state index in [4.69, 9.17) is 0 Å². The number of pyridine rings is 1. The highest BCUT2D eigenvalue weighted by Gasteiger charge is 2.25. The van der Waals surface area contributed by atoms with Gasteiger partial charge in [-0.25, -0.2) is 9.78 Å². The van der Waals surface area contributed by atoms with Crippen LogP contribution in [0.5, 0.6) is 0 Å². The van der Waals surface area contributed by atoms with Gasteiger partial charge in [-0.15, -0.1) is 0 Å². The zero-order valence-electron chi connectivity index (χ0n) is 10.8. The smallest absolute Gasteiger partial charge is 0.354 e. The zero-order chi connectivity index (χ0) is 14.1. The van der Waals surface area contributed by atoms with Gasteiger partial charge in [0.25, 0.3) is 0 Å². The Morgan fingerprint density at radius 3 is 2.60 bits per heavy atom. The third-order valence-electron chi connectivity index (χ3n) is 3.49. The Balaban J connectivity index is 2.28. The molecule has 4 heteroatoms. The molecule has 100 valence electrons. The fourth-order valence-corrected chi connectivity index (χ4v) is 2.59. The molecule has 20 heavy (non-hydrogen) atoms. The van der Waals surface area contributed by atoms with E-state index in [2.05, 4.69) is 4.98 Å². The fraction of sp³-hybridized carbons (Fsp3) is 0.188. The third kappa shape index (κ3) is 2.09. The highest BCUT2D eigenvalue weighted by molar-refractivity contribution is 6.05. The molecular weight excluding hydrogens is 254 g/mol. The summed E-state index contributed by atoms with van der Waals surface area (Å²) in [5.41, 5.74) is 2.73. The molecule has 0 radical (unpaired) electrons. The Labute approximate surface area is 116 Å². The van der Waals surface area contributed by atoms with Crippen LogP contribution in [0.1, 0.15) is 39.4 Å². The van der Waals surface area contributed by atoms with Gasteiger partial charge in [-0.05, 0) is 30.0 Å². The Morgan fingerprint density at radius 2 is 1.90 bits per heavy atom. The number of rotatable bonds is 2. The molecule has 1 aromatic carbocycles. The van der Waals surface area contributed by atoms with Crippen LogP contribution < -0.4 is 0 Å². The van der Waals surface area contributed by atoms with Gasteiger partial charge in [0.1, 0.15) is 5.69 Å². The first-order valence-corrected chi connectivity index (χ1v) is 6.52. The second-order valence-electron chi connectivity index (χ2n) is 4.82. The van der Waals surface area contributed by atoms with Crippen LogP contribution in [0.2, 0.25) is 0 Å². The standard InChI is InChI=1S/C16H13NO3/c18-14-8-4-7-12-15(14)11(9-13(17-12)16(19)20)10-5-2-1-3-6-10/h1-3,5-6,9H,4,7-8H2,(H,19,20). The third-order valence-corrected chi connectivity index (χ3v) is 3.49. The number of aromatic carboxylic acids is 1. The van der Waals surface area contributed by atoms with Crippen LogP contribution in [0.3, 0.4) is 0 Å². The minimum absolute atomic E-state index is 0.00250. The van der Waals surface area contributed by atoms with Crippen molar-refractivity contribution < 1.29 is 14.7 Å². The molecule has 0 spiro atoms. The van der Waals surface area contributed by atoms with Crippen molar-refractivity contribution in [3.8, 4) is 11.1 Å². The van der Waals surface area contributed by atoms with Crippen molar-refractivity contribution in [2.24, 2.45) is 0 Å². The number of hydrogen-bond acceptors (Lipinski definition) is 3. The summed E-state index contributed by atoms with van der Waals surface area (Å²) in [6, 6.07) is 10.9. The normalized spacial score (nSPS) is 13.9. The molecule has 1 heterocycles. The molecule has 0 atom stereocenters. The average molecular weight is 267 g/mol. The first-order valence-electron chi connectivity index (χ1n) is 6.52. The number of ketones is 1. The molecular formula is C16H13NO3. The highest BCUT2D eigenvalue weighted by Crippen LogP contribution is 2.31. The monoisotopic (exact) mass is 267 g/mol. The van der Waals surface area contributed by atoms with E-state index in [9.17, 15) is 14.7 Å². The van der Waals surface area contributed by atoms with Crippen molar-refractivity contribution in [3.05, 3.63) is 53.3 Å². The zero-order valence-corrected chi connectivity index (χ0v) is 10.8. The molecule has 0 amide bonds. The molecule has 1 aliphatic rings. The summed E-state index contributed by atoms with van der Waals surface area (Å²) in [5.74, 6) is -1.02. The minimum Gasteiger partial charge on any atom is -0.477 e. The summed E-state index contributed by atoms with van der Waals surface area (Å²) in [5, 5.41) is 9.18. The van der Waals surface area contributed by atoms with Gasteiger partial charge in [0.05, 0.1) is 5.69 Å². The predicted octanol–water partition coefficient (Wildman–Crippen LogP) is 2.97. The van der Waals surface area contributed by atoms with Crippen LogP contribution in [0.15, 0.2) is 36.4 Å². The largest absolute Gasteiger partial charge is 0.477 e. The lowest BCUT2D eigenvalue weighted by molar-refractivity contribution is 0.0689. The molecule has 0 fully saturated rings. The number of fused-ring (bicyclic) bond motifs is 1. The molecule has 3 rings (SSSR count). The Morgan fingerprint density at radius 1 is 1.15 bits per heavy atom. The lowest BCUT2D eigenvalue weighted by Crippen LogP contribution is -2.17. The summed E-state index contributed by atoms with van der Waals surface area (Å²) in [7, 11) is 0. The van der Waals surface area contributed by atoms with Crippen LogP contribution in [-0.4, -0.2) is 21.8 Å². The average Bonchev–Trinajstić information content (AvgIpc) is 2.47. The minimum atomic E-state index is -1.07. The number of aryl methyl sites for hydroxylation is 1. The molecule has 1 aromatic heterocycles. The van der Waals surface area contributed by atoms with Gasteiger partial charge in [0.15, 0.2) is 5.78 Å². The van der Waals surface area contributed by atoms with E-state index in [1.165, 1.54) is 6.07 Å². The number of hydrogen-bond donors (Lipinski definition) is 1. The summed E-state index contributed by atoms with van der Waals surface area (Å²) < 4.78 is 0. The number of Topliss-reactive ketones (excluding diaryl/α,β-unsaturated/α-hetero) is 1. The SMILES string of the molecule is O=C(O)c1cc(-c2ccccc2)c2c(n1)CCCC2=O. The molecule has 0 bridgehead atoms. The molecule has 0 saturated heterocycles. The number of benzene rings is 1. The number of nitrogens with zero attached hydrogens (tertiary/aromatic N) is 1. The number of carboxylic acids is 1. The number of aromatic nitrogens is 1. The summed E-state index contributed by atoms with van der Waals surface area (Å²) in [6.45, 7) is 0. The maximum Gasteiger partial charge on any atom is 0.354 e. The van der Waals surface area contributed by atoms with Gasteiger partial charge >= 0.3 is 5.97 Å². The van der Waals surface area contributed by atoms with Crippen LogP contribution >= 0.6 is 0 Å². The lowest BCUT2D eigenvalue weighted by atomic mass is 9.88. The summed E-state index contributed by atoms with van der Waals surface area (Å²) in [4.78, 5) is 27.5. The van der Waals surface area contributed by atoms with Crippen LogP contribution in [-0.2, 0) is 6.42 Å². The van der Waals surface area contributed by atoms with E-state index in [1.807, 2.05) is 30.3 Å². The topological polar surface area (TPSA) is 67.3 Å². The fourth-order valence-electron chi connectivity index (χ4n) is 2.59. The van der Waals surface area contributed by atoms with Gasteiger partial charge in [-0.3, -0.25) is 4.79 Å². The highest BCUT2D eigenvalue weighted by atomic mass is 16.4. The van der Waals surface area contributed by atoms with Gasteiger partial charge in [0, 0.05) is 12.0 Å². The van der Waals surface area contributed by atoms with E-state index in [0.717, 1.165) is 12.0 Å². The van der Waals surface area contributed by atoms with Crippen molar-refractivity contribution >= 4 is 11.8 Å². The van der Waals surface area contributed by atoms with E-state index in [1.54, 1.807) is 0 Å². The molecule has 4 nitrogen and oxygen atoms in total. The van der Waals surface area contributed by atoms with Gasteiger partial charge < -0.3 is 5.11 Å². The van der Waals surface area contributed by atoms with Crippen molar-refractivity contribution in [1.29, 1.82) is 0 Å². The second kappa shape index (κ2) is 4.89. The van der Waals surface area contributed by atoms with Crippen LogP contribution in [0.4, 0.5) is 0 Å². The Kier molecular flexibility index (Phi) is 3.06. The quantitative estimate of drug-likeness (QED) is 0.908. The lowest BCUT2D eigenvalue weighted by Gasteiger charge is -2.18. The van der Waals surface area contributed by atoms with Crippen molar-refractivity contribution in [3.63, 3.8) is 0 Å². The van der Waals surface area contributed by atoms with Crippen LogP contribution in [0.25, 0.3) is 11.1 Å².